The van der Waals surface area contributed by atoms with Crippen molar-refractivity contribution in [1.82, 2.24) is 9.97 Å². The highest BCUT2D eigenvalue weighted by atomic mass is 32.2. The maximum Gasteiger partial charge on any atom is 0.116 e. The van der Waals surface area contributed by atoms with E-state index in [2.05, 4.69) is 58.5 Å². The largest absolute Gasteiger partial charge is 0.348 e. The highest BCUT2D eigenvalue weighted by molar-refractivity contribution is 7.98. The van der Waals surface area contributed by atoms with Gasteiger partial charge in [0.15, 0.2) is 0 Å². The van der Waals surface area contributed by atoms with Crippen LogP contribution in [-0.2, 0) is 5.75 Å². The zero-order valence-corrected chi connectivity index (χ0v) is 11.2. The van der Waals surface area contributed by atoms with Crippen LogP contribution >= 0.6 is 11.8 Å². The number of hydrogen-bond acceptors (Lipinski definition) is 2. The molecule has 1 aromatic heterocycles. The number of imidazole rings is 1. The molecule has 94 valence electrons. The number of aromatic nitrogens is 2. The lowest BCUT2D eigenvalue weighted by molar-refractivity contribution is 1.12. The lowest BCUT2D eigenvalue weighted by Crippen LogP contribution is -1.83. The first-order chi connectivity index (χ1) is 9.42. The molecule has 0 saturated carbocycles. The van der Waals surface area contributed by atoms with Crippen molar-refractivity contribution in [3.05, 3.63) is 72.8 Å². The van der Waals surface area contributed by atoms with E-state index in [1.165, 1.54) is 16.0 Å². The molecule has 0 spiro atoms. The van der Waals surface area contributed by atoms with Crippen molar-refractivity contribution in [2.45, 2.75) is 10.6 Å². The minimum absolute atomic E-state index is 0.873. The molecule has 0 amide bonds. The molecule has 2 nitrogen and oxygen atoms in total. The summed E-state index contributed by atoms with van der Waals surface area (Å²) >= 11 is 1.79. The third-order valence-corrected chi connectivity index (χ3v) is 3.92. The predicted molar refractivity (Wildman–Crippen MR) is 80.0 cm³/mol. The Balaban J connectivity index is 1.69. The minimum Gasteiger partial charge on any atom is -0.348 e. The van der Waals surface area contributed by atoms with E-state index in [1.807, 2.05) is 12.3 Å². The lowest BCUT2D eigenvalue weighted by Gasteiger charge is -2.03. The SMILES string of the molecule is c1ccc(-c2ccc(SCc3ncc[nH]3)cc2)cc1. The standard InChI is InChI=1S/C16H14N2S/c1-2-4-13(5-3-1)14-6-8-15(9-7-14)19-12-16-17-10-11-18-16/h1-11H,12H2,(H,17,18). The van der Waals surface area contributed by atoms with E-state index in [1.54, 1.807) is 18.0 Å². The third-order valence-electron chi connectivity index (χ3n) is 2.89. The van der Waals surface area contributed by atoms with Gasteiger partial charge in [0.05, 0.1) is 5.75 Å². The van der Waals surface area contributed by atoms with Crippen LogP contribution in [0.1, 0.15) is 5.82 Å². The number of thioether (sulfide) groups is 1. The quantitative estimate of drug-likeness (QED) is 0.710. The smallest absolute Gasteiger partial charge is 0.116 e. The highest BCUT2D eigenvalue weighted by Gasteiger charge is 2.00. The van der Waals surface area contributed by atoms with Gasteiger partial charge in [0.25, 0.3) is 0 Å². The Morgan fingerprint density at radius 3 is 2.32 bits per heavy atom. The fourth-order valence-electron chi connectivity index (χ4n) is 1.90. The Morgan fingerprint density at radius 2 is 1.63 bits per heavy atom. The normalized spacial score (nSPS) is 10.5. The Bertz CT molecular complexity index is 616. The average Bonchev–Trinajstić information content (AvgIpc) is 3.00. The number of nitrogens with zero attached hydrogens (tertiary/aromatic N) is 1. The molecule has 19 heavy (non-hydrogen) atoms. The van der Waals surface area contributed by atoms with Gasteiger partial charge >= 0.3 is 0 Å². The van der Waals surface area contributed by atoms with Crippen LogP contribution in [-0.4, -0.2) is 9.97 Å². The van der Waals surface area contributed by atoms with Gasteiger partial charge in [-0.2, -0.15) is 0 Å². The second-order valence-electron chi connectivity index (χ2n) is 4.21. The highest BCUT2D eigenvalue weighted by Crippen LogP contribution is 2.25. The van der Waals surface area contributed by atoms with Gasteiger partial charge in [-0.15, -0.1) is 11.8 Å². The van der Waals surface area contributed by atoms with Gasteiger partial charge in [0.1, 0.15) is 5.82 Å². The molecular weight excluding hydrogens is 252 g/mol. The van der Waals surface area contributed by atoms with E-state index >= 15 is 0 Å². The second kappa shape index (κ2) is 5.76. The Hall–Kier alpha value is -2.00. The maximum atomic E-state index is 4.22. The van der Waals surface area contributed by atoms with Gasteiger partial charge in [0.2, 0.25) is 0 Å². The van der Waals surface area contributed by atoms with Crippen LogP contribution < -0.4 is 0 Å². The minimum atomic E-state index is 0.873. The van der Waals surface area contributed by atoms with Crippen LogP contribution in [0.2, 0.25) is 0 Å². The summed E-state index contributed by atoms with van der Waals surface area (Å²) in [5, 5.41) is 0. The van der Waals surface area contributed by atoms with Crippen LogP contribution in [0.15, 0.2) is 71.9 Å². The number of hydrogen-bond donors (Lipinski definition) is 1. The van der Waals surface area contributed by atoms with E-state index in [-0.39, 0.29) is 0 Å². The summed E-state index contributed by atoms with van der Waals surface area (Å²) in [5.41, 5.74) is 2.51. The monoisotopic (exact) mass is 266 g/mol. The van der Waals surface area contributed by atoms with E-state index in [9.17, 15) is 0 Å². The van der Waals surface area contributed by atoms with Crippen molar-refractivity contribution in [2.24, 2.45) is 0 Å². The summed E-state index contributed by atoms with van der Waals surface area (Å²) in [7, 11) is 0. The number of aromatic amines is 1. The van der Waals surface area contributed by atoms with Crippen molar-refractivity contribution in [3.8, 4) is 11.1 Å². The molecule has 3 aromatic rings. The maximum absolute atomic E-state index is 4.22. The van der Waals surface area contributed by atoms with Crippen molar-refractivity contribution >= 4 is 11.8 Å². The van der Waals surface area contributed by atoms with Crippen molar-refractivity contribution in [1.29, 1.82) is 0 Å². The number of rotatable bonds is 4. The van der Waals surface area contributed by atoms with Crippen molar-refractivity contribution < 1.29 is 0 Å². The molecule has 0 atom stereocenters. The molecule has 2 aromatic carbocycles. The van der Waals surface area contributed by atoms with Crippen LogP contribution in [0.3, 0.4) is 0 Å². The summed E-state index contributed by atoms with van der Waals surface area (Å²) in [6.07, 6.45) is 3.64. The zero-order valence-electron chi connectivity index (χ0n) is 10.4. The van der Waals surface area contributed by atoms with E-state index in [4.69, 9.17) is 0 Å². The van der Waals surface area contributed by atoms with Gasteiger partial charge in [-0.25, -0.2) is 4.98 Å². The van der Waals surface area contributed by atoms with Crippen LogP contribution in [0.5, 0.6) is 0 Å². The van der Waals surface area contributed by atoms with Crippen molar-refractivity contribution in [3.63, 3.8) is 0 Å². The molecule has 0 fully saturated rings. The summed E-state index contributed by atoms with van der Waals surface area (Å²) < 4.78 is 0. The molecule has 1 heterocycles. The third kappa shape index (κ3) is 3.06. The molecule has 3 heteroatoms. The molecule has 0 bridgehead atoms. The number of H-pyrrole nitrogens is 1. The van der Waals surface area contributed by atoms with Gasteiger partial charge < -0.3 is 4.98 Å². The van der Waals surface area contributed by atoms with Crippen molar-refractivity contribution in [2.75, 3.05) is 0 Å². The lowest BCUT2D eigenvalue weighted by atomic mass is 10.1. The summed E-state index contributed by atoms with van der Waals surface area (Å²) in [6, 6.07) is 19.1. The van der Waals surface area contributed by atoms with E-state index < -0.39 is 0 Å². The average molecular weight is 266 g/mol. The molecule has 0 aliphatic carbocycles. The fraction of sp³-hybridized carbons (Fsp3) is 0.0625. The summed E-state index contributed by atoms with van der Waals surface area (Å²) in [6.45, 7) is 0. The number of benzene rings is 2. The van der Waals surface area contributed by atoms with Crippen LogP contribution in [0.4, 0.5) is 0 Å². The molecule has 0 aliphatic rings. The van der Waals surface area contributed by atoms with Gasteiger partial charge in [-0.1, -0.05) is 42.5 Å². The molecular formula is C16H14N2S. The fourth-order valence-corrected chi connectivity index (χ4v) is 2.69. The number of nitrogens with one attached hydrogen (secondary N) is 1. The van der Waals surface area contributed by atoms with Gasteiger partial charge in [-0.05, 0) is 23.3 Å². The molecule has 0 saturated heterocycles. The zero-order chi connectivity index (χ0) is 12.9. The first-order valence-electron chi connectivity index (χ1n) is 6.18. The van der Waals surface area contributed by atoms with Gasteiger partial charge in [0, 0.05) is 17.3 Å². The molecule has 1 N–H and O–H groups in total. The molecule has 0 radical (unpaired) electrons. The summed E-state index contributed by atoms with van der Waals surface area (Å²) in [5.74, 6) is 1.88. The molecule has 3 rings (SSSR count). The first kappa shape index (κ1) is 12.1. The van der Waals surface area contributed by atoms with Crippen LogP contribution in [0.25, 0.3) is 11.1 Å². The van der Waals surface area contributed by atoms with E-state index in [0.29, 0.717) is 0 Å². The molecule has 0 aliphatic heterocycles. The Morgan fingerprint density at radius 1 is 0.895 bits per heavy atom. The predicted octanol–water partition coefficient (Wildman–Crippen LogP) is 4.37. The Kier molecular flexibility index (Phi) is 3.65. The molecule has 0 unspecified atom stereocenters. The van der Waals surface area contributed by atoms with Gasteiger partial charge in [-0.3, -0.25) is 0 Å². The van der Waals surface area contributed by atoms with E-state index in [0.717, 1.165) is 11.6 Å². The summed E-state index contributed by atoms with van der Waals surface area (Å²) in [4.78, 5) is 8.59. The Labute approximate surface area is 116 Å². The topological polar surface area (TPSA) is 28.7 Å². The second-order valence-corrected chi connectivity index (χ2v) is 5.26. The first-order valence-corrected chi connectivity index (χ1v) is 7.17. The van der Waals surface area contributed by atoms with Crippen LogP contribution in [0, 0.1) is 0 Å².